The van der Waals surface area contributed by atoms with Crippen LogP contribution in [-0.2, 0) is 0 Å². The van der Waals surface area contributed by atoms with E-state index in [1.54, 1.807) is 35.2 Å². The third-order valence-electron chi connectivity index (χ3n) is 6.30. The van der Waals surface area contributed by atoms with Gasteiger partial charge in [0.25, 0.3) is 11.5 Å². The monoisotopic (exact) mass is 583 g/mol. The maximum atomic E-state index is 14.0. The van der Waals surface area contributed by atoms with Crippen molar-refractivity contribution >= 4 is 44.3 Å². The summed E-state index contributed by atoms with van der Waals surface area (Å²) >= 11 is 9.57. The Balaban J connectivity index is 1.96. The normalized spacial score (nSPS) is 12.2. The van der Waals surface area contributed by atoms with Gasteiger partial charge >= 0.3 is 0 Å². The standard InChI is InChI=1S/C29H28BrClFN3O2/c1-4-26(34(15-14-18(2)3)28(36)19-8-7-9-20(30)16-19)27-33-25-11-6-5-10-22(25)29(37)35(27)21-12-13-24(32)23(31)17-21/h5-13,16-18,26H,4,14-15H2,1-3H3. The van der Waals surface area contributed by atoms with Gasteiger partial charge in [0.2, 0.25) is 0 Å². The van der Waals surface area contributed by atoms with Gasteiger partial charge in [0.15, 0.2) is 0 Å². The molecule has 5 nitrogen and oxygen atoms in total. The molecular formula is C29H28BrClFN3O2. The predicted molar refractivity (Wildman–Crippen MR) is 150 cm³/mol. The minimum Gasteiger partial charge on any atom is -0.328 e. The van der Waals surface area contributed by atoms with Crippen molar-refractivity contribution in [3.05, 3.63) is 104 Å². The lowest BCUT2D eigenvalue weighted by Gasteiger charge is -2.33. The molecule has 1 heterocycles. The summed E-state index contributed by atoms with van der Waals surface area (Å²) < 4.78 is 16.3. The third kappa shape index (κ3) is 5.78. The molecule has 4 rings (SSSR count). The van der Waals surface area contributed by atoms with Crippen LogP contribution in [0.1, 0.15) is 55.8 Å². The Morgan fingerprint density at radius 1 is 1.11 bits per heavy atom. The Bertz CT molecular complexity index is 1500. The van der Waals surface area contributed by atoms with Gasteiger partial charge in [0.05, 0.1) is 27.7 Å². The van der Waals surface area contributed by atoms with Gasteiger partial charge < -0.3 is 4.90 Å². The van der Waals surface area contributed by atoms with E-state index < -0.39 is 11.9 Å². The Morgan fingerprint density at radius 2 is 1.86 bits per heavy atom. The molecule has 1 amide bonds. The molecule has 0 aliphatic rings. The van der Waals surface area contributed by atoms with E-state index in [-0.39, 0.29) is 16.5 Å². The van der Waals surface area contributed by atoms with E-state index in [0.717, 1.165) is 10.9 Å². The number of aromatic nitrogens is 2. The number of carbonyl (C=O) groups excluding carboxylic acids is 1. The van der Waals surface area contributed by atoms with Crippen molar-refractivity contribution in [2.45, 2.75) is 39.7 Å². The van der Waals surface area contributed by atoms with Crippen LogP contribution < -0.4 is 5.56 Å². The predicted octanol–water partition coefficient (Wildman–Crippen LogP) is 7.58. The number of fused-ring (bicyclic) bond motifs is 1. The van der Waals surface area contributed by atoms with Gasteiger partial charge in [-0.2, -0.15) is 0 Å². The minimum absolute atomic E-state index is 0.0987. The summed E-state index contributed by atoms with van der Waals surface area (Å²) in [5.41, 5.74) is 1.16. The zero-order valence-corrected chi connectivity index (χ0v) is 23.3. The van der Waals surface area contributed by atoms with Crippen LogP contribution in [-0.4, -0.2) is 26.9 Å². The van der Waals surface area contributed by atoms with Gasteiger partial charge in [-0.05, 0) is 67.3 Å². The molecule has 0 radical (unpaired) electrons. The molecule has 0 spiro atoms. The number of rotatable bonds is 8. The summed E-state index contributed by atoms with van der Waals surface area (Å²) in [5, 5.41) is 0.326. The number of hydrogen-bond acceptors (Lipinski definition) is 3. The summed E-state index contributed by atoms with van der Waals surface area (Å²) in [6.45, 7) is 6.65. The first kappa shape index (κ1) is 27.0. The molecule has 0 bridgehead atoms. The number of benzene rings is 3. The molecule has 0 saturated carbocycles. The van der Waals surface area contributed by atoms with Crippen molar-refractivity contribution in [1.29, 1.82) is 0 Å². The fourth-order valence-electron chi connectivity index (χ4n) is 4.37. The Morgan fingerprint density at radius 3 is 2.54 bits per heavy atom. The van der Waals surface area contributed by atoms with Crippen molar-refractivity contribution in [1.82, 2.24) is 14.5 Å². The lowest BCUT2D eigenvalue weighted by atomic mass is 10.0. The molecule has 0 aliphatic carbocycles. The van der Waals surface area contributed by atoms with E-state index in [0.29, 0.717) is 46.9 Å². The molecule has 37 heavy (non-hydrogen) atoms. The highest BCUT2D eigenvalue weighted by atomic mass is 79.9. The highest BCUT2D eigenvalue weighted by Crippen LogP contribution is 2.30. The molecule has 3 aromatic carbocycles. The van der Waals surface area contributed by atoms with E-state index in [1.165, 1.54) is 22.8 Å². The summed E-state index contributed by atoms with van der Waals surface area (Å²) in [5.74, 6) is 0.0306. The first-order chi connectivity index (χ1) is 17.7. The van der Waals surface area contributed by atoms with Crippen LogP contribution in [0.3, 0.4) is 0 Å². The second-order valence-corrected chi connectivity index (χ2v) is 10.7. The average Bonchev–Trinajstić information content (AvgIpc) is 2.88. The molecule has 8 heteroatoms. The number of amides is 1. The fraction of sp³-hybridized carbons (Fsp3) is 0.276. The highest BCUT2D eigenvalue weighted by molar-refractivity contribution is 9.10. The first-order valence-corrected chi connectivity index (χ1v) is 13.4. The van der Waals surface area contributed by atoms with Crippen LogP contribution in [0.15, 0.2) is 76.0 Å². The van der Waals surface area contributed by atoms with Crippen molar-refractivity contribution in [2.24, 2.45) is 5.92 Å². The number of carbonyl (C=O) groups is 1. The molecule has 1 aromatic heterocycles. The van der Waals surface area contributed by atoms with Crippen LogP contribution in [0, 0.1) is 11.7 Å². The van der Waals surface area contributed by atoms with Gasteiger partial charge in [-0.25, -0.2) is 9.37 Å². The summed E-state index contributed by atoms with van der Waals surface area (Å²) in [6.07, 6.45) is 1.29. The smallest absolute Gasteiger partial charge is 0.266 e. The van der Waals surface area contributed by atoms with Gasteiger partial charge in [-0.3, -0.25) is 14.2 Å². The molecule has 0 fully saturated rings. The fourth-order valence-corrected chi connectivity index (χ4v) is 4.95. The van der Waals surface area contributed by atoms with E-state index in [2.05, 4.69) is 29.8 Å². The lowest BCUT2D eigenvalue weighted by molar-refractivity contribution is 0.0648. The quantitative estimate of drug-likeness (QED) is 0.215. The second kappa shape index (κ2) is 11.6. The highest BCUT2D eigenvalue weighted by Gasteiger charge is 2.30. The van der Waals surface area contributed by atoms with Crippen molar-refractivity contribution < 1.29 is 9.18 Å². The van der Waals surface area contributed by atoms with E-state index in [9.17, 15) is 14.0 Å². The number of para-hydroxylation sites is 1. The van der Waals surface area contributed by atoms with Crippen LogP contribution in [0.2, 0.25) is 5.02 Å². The summed E-state index contributed by atoms with van der Waals surface area (Å²) in [4.78, 5) is 34.4. The Hall–Kier alpha value is -3.03. The largest absolute Gasteiger partial charge is 0.328 e. The van der Waals surface area contributed by atoms with Crippen molar-refractivity contribution in [2.75, 3.05) is 6.54 Å². The van der Waals surface area contributed by atoms with Gasteiger partial charge in [-0.15, -0.1) is 0 Å². The maximum absolute atomic E-state index is 14.0. The molecule has 1 atom stereocenters. The Kier molecular flexibility index (Phi) is 8.45. The van der Waals surface area contributed by atoms with E-state index >= 15 is 0 Å². The van der Waals surface area contributed by atoms with Gasteiger partial charge in [0, 0.05) is 16.6 Å². The molecule has 4 aromatic rings. The van der Waals surface area contributed by atoms with E-state index in [1.807, 2.05) is 25.1 Å². The third-order valence-corrected chi connectivity index (χ3v) is 7.09. The van der Waals surface area contributed by atoms with E-state index in [4.69, 9.17) is 16.6 Å². The van der Waals surface area contributed by atoms with Crippen molar-refractivity contribution in [3.63, 3.8) is 0 Å². The first-order valence-electron chi connectivity index (χ1n) is 12.2. The average molecular weight is 585 g/mol. The van der Waals surface area contributed by atoms with Gasteiger partial charge in [-0.1, -0.05) is 66.5 Å². The molecule has 0 aliphatic heterocycles. The molecule has 192 valence electrons. The van der Waals surface area contributed by atoms with Crippen molar-refractivity contribution in [3.8, 4) is 5.69 Å². The lowest BCUT2D eigenvalue weighted by Crippen LogP contribution is -2.39. The zero-order chi connectivity index (χ0) is 26.7. The second-order valence-electron chi connectivity index (χ2n) is 9.34. The summed E-state index contributed by atoms with van der Waals surface area (Å²) in [7, 11) is 0. The topological polar surface area (TPSA) is 55.2 Å². The minimum atomic E-state index is -0.579. The molecule has 1 unspecified atom stereocenters. The Labute approximate surface area is 229 Å². The SMILES string of the molecule is CCC(c1nc2ccccc2c(=O)n1-c1ccc(F)c(Cl)c1)N(CCC(C)C)C(=O)c1cccc(Br)c1. The summed E-state index contributed by atoms with van der Waals surface area (Å²) in [6, 6.07) is 18.0. The molecule has 0 N–H and O–H groups in total. The van der Waals surface area contributed by atoms with Crippen LogP contribution in [0.5, 0.6) is 0 Å². The number of halogens is 3. The molecule has 0 saturated heterocycles. The number of nitrogens with zero attached hydrogens (tertiary/aromatic N) is 3. The van der Waals surface area contributed by atoms with Crippen LogP contribution in [0.25, 0.3) is 16.6 Å². The molecular weight excluding hydrogens is 557 g/mol. The zero-order valence-electron chi connectivity index (χ0n) is 20.9. The maximum Gasteiger partial charge on any atom is 0.266 e. The van der Waals surface area contributed by atoms with Crippen LogP contribution in [0.4, 0.5) is 4.39 Å². The van der Waals surface area contributed by atoms with Crippen LogP contribution >= 0.6 is 27.5 Å². The number of hydrogen-bond donors (Lipinski definition) is 0. The van der Waals surface area contributed by atoms with Gasteiger partial charge in [0.1, 0.15) is 11.6 Å².